The van der Waals surface area contributed by atoms with E-state index in [1.54, 1.807) is 13.8 Å². The van der Waals surface area contributed by atoms with E-state index in [-0.39, 0.29) is 17.9 Å². The monoisotopic (exact) mass is 306 g/mol. The van der Waals surface area contributed by atoms with Crippen molar-refractivity contribution in [1.29, 1.82) is 0 Å². The second-order valence-electron chi connectivity index (χ2n) is 5.11. The lowest BCUT2D eigenvalue weighted by atomic mass is 10.0. The highest BCUT2D eigenvalue weighted by atomic mass is 19.4. The van der Waals surface area contributed by atoms with Gasteiger partial charge in [0.05, 0.1) is 5.69 Å². The quantitative estimate of drug-likeness (QED) is 0.727. The third kappa shape index (κ3) is 5.50. The van der Waals surface area contributed by atoms with E-state index in [0.717, 1.165) is 12.1 Å². The molecule has 1 aromatic carbocycles. The van der Waals surface area contributed by atoms with Crippen LogP contribution in [0.4, 0.5) is 18.9 Å². The number of anilines is 1. The minimum Gasteiger partial charge on any atom is -0.404 e. The predicted octanol–water partition coefficient (Wildman–Crippen LogP) is 2.06. The Labute approximate surface area is 119 Å². The summed E-state index contributed by atoms with van der Waals surface area (Å²) in [4.78, 5) is 12.0. The van der Waals surface area contributed by atoms with Gasteiger partial charge in [-0.25, -0.2) is 0 Å². The largest absolute Gasteiger partial charge is 0.573 e. The minimum absolute atomic E-state index is 0.103. The van der Waals surface area contributed by atoms with Gasteiger partial charge in [-0.2, -0.15) is 0 Å². The molecule has 0 aromatic heterocycles. The summed E-state index contributed by atoms with van der Waals surface area (Å²) < 4.78 is 40.0. The van der Waals surface area contributed by atoms with Crippen LogP contribution >= 0.6 is 0 Å². The molecule has 0 aliphatic rings. The fraction of sp³-hybridized carbons (Fsp3) is 0.462. The number of nitrogen functional groups attached to an aromatic ring is 1. The van der Waals surface area contributed by atoms with Gasteiger partial charge < -0.3 is 20.9 Å². The van der Waals surface area contributed by atoms with Crippen molar-refractivity contribution in [3.63, 3.8) is 0 Å². The van der Waals surface area contributed by atoms with Crippen molar-refractivity contribution in [2.45, 2.75) is 32.2 Å². The van der Waals surface area contributed by atoms with Gasteiger partial charge >= 0.3 is 6.36 Å². The van der Waals surface area contributed by atoms with E-state index in [4.69, 9.17) is 10.8 Å². The molecule has 8 heteroatoms. The number of nitrogens with one attached hydrogen (secondary N) is 1. The molecule has 0 unspecified atom stereocenters. The zero-order valence-corrected chi connectivity index (χ0v) is 11.6. The van der Waals surface area contributed by atoms with Crippen molar-refractivity contribution in [3.05, 3.63) is 23.8 Å². The minimum atomic E-state index is -4.85. The van der Waals surface area contributed by atoms with Gasteiger partial charge in [-0.15, -0.1) is 13.2 Å². The first-order valence-corrected chi connectivity index (χ1v) is 6.13. The lowest BCUT2D eigenvalue weighted by Crippen LogP contribution is -2.44. The first-order valence-electron chi connectivity index (χ1n) is 6.13. The summed E-state index contributed by atoms with van der Waals surface area (Å²) in [5.74, 6) is -1.06. The van der Waals surface area contributed by atoms with Crippen LogP contribution in [-0.4, -0.2) is 29.5 Å². The highest BCUT2D eigenvalue weighted by molar-refractivity contribution is 5.95. The molecule has 5 nitrogen and oxygen atoms in total. The summed E-state index contributed by atoms with van der Waals surface area (Å²) in [6, 6.07) is 3.27. The Morgan fingerprint density at radius 1 is 1.38 bits per heavy atom. The van der Waals surface area contributed by atoms with Crippen molar-refractivity contribution in [2.24, 2.45) is 0 Å². The third-order valence-corrected chi connectivity index (χ3v) is 2.69. The zero-order valence-electron chi connectivity index (χ0n) is 11.6. The van der Waals surface area contributed by atoms with E-state index in [1.165, 1.54) is 6.07 Å². The summed E-state index contributed by atoms with van der Waals surface area (Å²) in [6.07, 6.45) is -4.51. The van der Waals surface area contributed by atoms with Gasteiger partial charge in [-0.05, 0) is 38.5 Å². The SMILES string of the molecule is CC(C)(CCO)NC(=O)c1ccc(OC(F)(F)F)c(N)c1. The highest BCUT2D eigenvalue weighted by Gasteiger charge is 2.32. The number of hydrogen-bond donors (Lipinski definition) is 3. The van der Waals surface area contributed by atoms with E-state index >= 15 is 0 Å². The molecule has 0 radical (unpaired) electrons. The van der Waals surface area contributed by atoms with Crippen molar-refractivity contribution in [1.82, 2.24) is 5.32 Å². The molecule has 1 rings (SSSR count). The fourth-order valence-electron chi connectivity index (χ4n) is 1.63. The number of carbonyl (C=O) groups excluding carboxylic acids is 1. The summed E-state index contributed by atoms with van der Waals surface area (Å²) >= 11 is 0. The summed E-state index contributed by atoms with van der Waals surface area (Å²) in [5.41, 5.74) is 4.61. The predicted molar refractivity (Wildman–Crippen MR) is 70.8 cm³/mol. The van der Waals surface area contributed by atoms with E-state index in [0.29, 0.717) is 6.42 Å². The number of halogens is 3. The van der Waals surface area contributed by atoms with Crippen LogP contribution in [0.15, 0.2) is 18.2 Å². The average Bonchev–Trinajstić information content (AvgIpc) is 2.29. The number of hydrogen-bond acceptors (Lipinski definition) is 4. The molecule has 1 amide bonds. The standard InChI is InChI=1S/C13H17F3N2O3/c1-12(2,5-6-19)18-11(20)8-3-4-10(9(17)7-8)21-13(14,15)16/h3-4,7,19H,5-6,17H2,1-2H3,(H,18,20). The average molecular weight is 306 g/mol. The molecule has 0 heterocycles. The number of alkyl halides is 3. The Balaban J connectivity index is 2.86. The Morgan fingerprint density at radius 3 is 2.48 bits per heavy atom. The number of aliphatic hydroxyl groups is 1. The Bertz CT molecular complexity index is 516. The molecule has 0 aliphatic heterocycles. The summed E-state index contributed by atoms with van der Waals surface area (Å²) in [7, 11) is 0. The van der Waals surface area contributed by atoms with Crippen molar-refractivity contribution in [2.75, 3.05) is 12.3 Å². The molecule has 0 aliphatic carbocycles. The summed E-state index contributed by atoms with van der Waals surface area (Å²) in [5, 5.41) is 11.5. The normalized spacial score (nSPS) is 12.1. The first-order chi connectivity index (χ1) is 9.54. The molecule has 21 heavy (non-hydrogen) atoms. The number of carbonyl (C=O) groups is 1. The highest BCUT2D eigenvalue weighted by Crippen LogP contribution is 2.29. The van der Waals surface area contributed by atoms with E-state index in [1.807, 2.05) is 0 Å². The van der Waals surface area contributed by atoms with Crippen LogP contribution in [0.25, 0.3) is 0 Å². The van der Waals surface area contributed by atoms with Crippen molar-refractivity contribution < 1.29 is 27.8 Å². The number of amides is 1. The first kappa shape index (κ1) is 17.1. The van der Waals surface area contributed by atoms with E-state index < -0.39 is 23.6 Å². The maximum atomic E-state index is 12.1. The fourth-order valence-corrected chi connectivity index (χ4v) is 1.63. The number of nitrogens with two attached hydrogens (primary N) is 1. The second kappa shape index (κ2) is 6.21. The zero-order chi connectivity index (χ0) is 16.3. The lowest BCUT2D eigenvalue weighted by molar-refractivity contribution is -0.274. The van der Waals surface area contributed by atoms with E-state index in [2.05, 4.69) is 10.1 Å². The molecule has 118 valence electrons. The van der Waals surface area contributed by atoms with Crippen LogP contribution in [0.2, 0.25) is 0 Å². The van der Waals surface area contributed by atoms with Gasteiger partial charge in [0.15, 0.2) is 5.75 Å². The Morgan fingerprint density at radius 2 is 2.00 bits per heavy atom. The van der Waals surface area contributed by atoms with Gasteiger partial charge in [0.1, 0.15) is 0 Å². The molecule has 0 bridgehead atoms. The van der Waals surface area contributed by atoms with Crippen LogP contribution < -0.4 is 15.8 Å². The van der Waals surface area contributed by atoms with Gasteiger partial charge in [0, 0.05) is 17.7 Å². The molecule has 0 atom stereocenters. The lowest BCUT2D eigenvalue weighted by Gasteiger charge is -2.25. The maximum absolute atomic E-state index is 12.1. The van der Waals surface area contributed by atoms with Crippen LogP contribution in [0, 0.1) is 0 Å². The molecule has 1 aromatic rings. The molecular formula is C13H17F3N2O3. The molecule has 0 saturated heterocycles. The Hall–Kier alpha value is -1.96. The van der Waals surface area contributed by atoms with Crippen LogP contribution in [0.5, 0.6) is 5.75 Å². The number of ether oxygens (including phenoxy) is 1. The molecule has 0 fully saturated rings. The van der Waals surface area contributed by atoms with Crippen molar-refractivity contribution in [3.8, 4) is 5.75 Å². The third-order valence-electron chi connectivity index (χ3n) is 2.69. The maximum Gasteiger partial charge on any atom is 0.573 e. The Kier molecular flexibility index (Phi) is 5.06. The van der Waals surface area contributed by atoms with Crippen LogP contribution in [0.1, 0.15) is 30.6 Å². The smallest absolute Gasteiger partial charge is 0.404 e. The van der Waals surface area contributed by atoms with Gasteiger partial charge in [0.25, 0.3) is 5.91 Å². The topological polar surface area (TPSA) is 84.6 Å². The molecule has 0 saturated carbocycles. The molecule has 4 N–H and O–H groups in total. The summed E-state index contributed by atoms with van der Waals surface area (Å²) in [6.45, 7) is 3.32. The number of benzene rings is 1. The number of aliphatic hydroxyl groups excluding tert-OH is 1. The molecular weight excluding hydrogens is 289 g/mol. The number of rotatable bonds is 5. The second-order valence-corrected chi connectivity index (χ2v) is 5.11. The molecule has 0 spiro atoms. The van der Waals surface area contributed by atoms with Gasteiger partial charge in [-0.1, -0.05) is 0 Å². The van der Waals surface area contributed by atoms with E-state index in [9.17, 15) is 18.0 Å². The van der Waals surface area contributed by atoms with Gasteiger partial charge in [-0.3, -0.25) is 4.79 Å². The van der Waals surface area contributed by atoms with Crippen LogP contribution in [0.3, 0.4) is 0 Å². The van der Waals surface area contributed by atoms with Crippen LogP contribution in [-0.2, 0) is 0 Å². The van der Waals surface area contributed by atoms with Crippen molar-refractivity contribution >= 4 is 11.6 Å². The van der Waals surface area contributed by atoms with Gasteiger partial charge in [0.2, 0.25) is 0 Å².